The smallest absolute Gasteiger partial charge is 0.126 e. The summed E-state index contributed by atoms with van der Waals surface area (Å²) in [4.78, 5) is 0. The molecule has 134 valence electrons. The predicted octanol–water partition coefficient (Wildman–Crippen LogP) is 7.31. The highest BCUT2D eigenvalue weighted by molar-refractivity contribution is 6.07. The summed E-state index contributed by atoms with van der Waals surface area (Å²) in [5.74, 6) is 1.32. The van der Waals surface area contributed by atoms with Crippen LogP contribution >= 0.6 is 0 Å². The molecule has 4 aromatic rings. The van der Waals surface area contributed by atoms with Crippen molar-refractivity contribution in [3.05, 3.63) is 90.5 Å². The van der Waals surface area contributed by atoms with Crippen LogP contribution in [0.3, 0.4) is 0 Å². The first kappa shape index (κ1) is 17.4. The van der Waals surface area contributed by atoms with E-state index in [9.17, 15) is 0 Å². The summed E-state index contributed by atoms with van der Waals surface area (Å²) in [5, 5.41) is 2.39. The number of hydrogen-bond donors (Lipinski definition) is 0. The summed E-state index contributed by atoms with van der Waals surface area (Å²) >= 11 is 0. The van der Waals surface area contributed by atoms with E-state index in [0.29, 0.717) is 5.92 Å². The first-order valence-corrected chi connectivity index (χ1v) is 9.45. The van der Waals surface area contributed by atoms with E-state index in [4.69, 9.17) is 4.74 Å². The molecule has 27 heavy (non-hydrogen) atoms. The Labute approximate surface area is 161 Å². The molecule has 4 rings (SSSR count). The molecule has 4 aromatic carbocycles. The van der Waals surface area contributed by atoms with Gasteiger partial charge in [-0.1, -0.05) is 86.6 Å². The summed E-state index contributed by atoms with van der Waals surface area (Å²) < 4.78 is 5.70. The quantitative estimate of drug-likeness (QED) is 0.374. The Morgan fingerprint density at radius 2 is 1.22 bits per heavy atom. The molecule has 0 aliphatic heterocycles. The van der Waals surface area contributed by atoms with Crippen LogP contribution in [0.25, 0.3) is 33.0 Å². The summed E-state index contributed by atoms with van der Waals surface area (Å²) in [6.07, 6.45) is 0. The van der Waals surface area contributed by atoms with Crippen LogP contribution in [0.2, 0.25) is 0 Å². The fourth-order valence-corrected chi connectivity index (χ4v) is 3.87. The second kappa shape index (κ2) is 7.28. The second-order valence-electron chi connectivity index (χ2n) is 7.16. The van der Waals surface area contributed by atoms with Crippen LogP contribution in [-0.2, 0) is 0 Å². The van der Waals surface area contributed by atoms with E-state index in [0.717, 1.165) is 5.75 Å². The summed E-state index contributed by atoms with van der Waals surface area (Å²) in [6, 6.07) is 30.1. The van der Waals surface area contributed by atoms with Gasteiger partial charge in [-0.25, -0.2) is 0 Å². The zero-order valence-electron chi connectivity index (χ0n) is 16.1. The SMILES string of the molecule is COc1cccc2c(-c3ccccc3)c(-c3ccccc3)c(C(C)C)cc12. The lowest BCUT2D eigenvalue weighted by Gasteiger charge is -2.22. The number of rotatable bonds is 4. The van der Waals surface area contributed by atoms with Crippen LogP contribution in [0.5, 0.6) is 5.75 Å². The lowest BCUT2D eigenvalue weighted by molar-refractivity contribution is 0.420. The monoisotopic (exact) mass is 352 g/mol. The van der Waals surface area contributed by atoms with Gasteiger partial charge in [0.15, 0.2) is 0 Å². The number of methoxy groups -OCH3 is 1. The number of ether oxygens (including phenoxy) is 1. The minimum absolute atomic E-state index is 0.400. The Kier molecular flexibility index (Phi) is 4.68. The Morgan fingerprint density at radius 1 is 0.630 bits per heavy atom. The molecule has 0 saturated heterocycles. The van der Waals surface area contributed by atoms with Crippen molar-refractivity contribution < 1.29 is 4.74 Å². The highest BCUT2D eigenvalue weighted by atomic mass is 16.5. The van der Waals surface area contributed by atoms with Crippen LogP contribution in [0.15, 0.2) is 84.9 Å². The molecule has 1 nitrogen and oxygen atoms in total. The average Bonchev–Trinajstić information content (AvgIpc) is 2.73. The van der Waals surface area contributed by atoms with Crippen LogP contribution in [0, 0.1) is 0 Å². The van der Waals surface area contributed by atoms with E-state index < -0.39 is 0 Å². The summed E-state index contributed by atoms with van der Waals surface area (Å²) in [5.41, 5.74) is 6.43. The van der Waals surface area contributed by atoms with Gasteiger partial charge in [-0.2, -0.15) is 0 Å². The zero-order chi connectivity index (χ0) is 18.8. The Bertz CT molecular complexity index is 1060. The van der Waals surface area contributed by atoms with Crippen LogP contribution in [0.4, 0.5) is 0 Å². The van der Waals surface area contributed by atoms with E-state index in [1.165, 1.54) is 38.6 Å². The molecule has 0 spiro atoms. The maximum atomic E-state index is 5.70. The van der Waals surface area contributed by atoms with Crippen LogP contribution in [0.1, 0.15) is 25.3 Å². The van der Waals surface area contributed by atoms with Crippen molar-refractivity contribution in [2.45, 2.75) is 19.8 Å². The molecule has 0 amide bonds. The number of hydrogen-bond acceptors (Lipinski definition) is 1. The summed E-state index contributed by atoms with van der Waals surface area (Å²) in [7, 11) is 1.75. The van der Waals surface area contributed by atoms with Crippen molar-refractivity contribution in [1.82, 2.24) is 0 Å². The van der Waals surface area contributed by atoms with E-state index >= 15 is 0 Å². The van der Waals surface area contributed by atoms with Gasteiger partial charge in [-0.05, 0) is 51.3 Å². The van der Waals surface area contributed by atoms with Crippen molar-refractivity contribution in [3.8, 4) is 28.0 Å². The highest BCUT2D eigenvalue weighted by Gasteiger charge is 2.19. The van der Waals surface area contributed by atoms with Crippen molar-refractivity contribution in [2.24, 2.45) is 0 Å². The van der Waals surface area contributed by atoms with E-state index in [1.807, 2.05) is 6.07 Å². The minimum Gasteiger partial charge on any atom is -0.496 e. The minimum atomic E-state index is 0.400. The van der Waals surface area contributed by atoms with Crippen LogP contribution < -0.4 is 4.74 Å². The molecule has 1 heteroatoms. The lowest BCUT2D eigenvalue weighted by atomic mass is 9.82. The van der Waals surface area contributed by atoms with Gasteiger partial charge in [0.25, 0.3) is 0 Å². The Hall–Kier alpha value is -3.06. The molecule has 0 radical (unpaired) electrons. The van der Waals surface area contributed by atoms with Crippen LogP contribution in [-0.4, -0.2) is 7.11 Å². The first-order chi connectivity index (χ1) is 13.2. The molecule has 0 atom stereocenters. The van der Waals surface area contributed by atoms with E-state index in [2.05, 4.69) is 92.7 Å². The predicted molar refractivity (Wildman–Crippen MR) is 115 cm³/mol. The van der Waals surface area contributed by atoms with Gasteiger partial charge in [-0.3, -0.25) is 0 Å². The maximum Gasteiger partial charge on any atom is 0.126 e. The molecule has 0 aliphatic carbocycles. The van der Waals surface area contributed by atoms with Crippen molar-refractivity contribution in [1.29, 1.82) is 0 Å². The normalized spacial score (nSPS) is 11.1. The molecule has 0 N–H and O–H groups in total. The van der Waals surface area contributed by atoms with Gasteiger partial charge in [0.2, 0.25) is 0 Å². The van der Waals surface area contributed by atoms with Crippen molar-refractivity contribution in [3.63, 3.8) is 0 Å². The van der Waals surface area contributed by atoms with Gasteiger partial charge >= 0.3 is 0 Å². The molecular weight excluding hydrogens is 328 g/mol. The Balaban J connectivity index is 2.21. The van der Waals surface area contributed by atoms with Gasteiger partial charge in [-0.15, -0.1) is 0 Å². The zero-order valence-corrected chi connectivity index (χ0v) is 16.1. The number of benzene rings is 4. The van der Waals surface area contributed by atoms with Gasteiger partial charge in [0.1, 0.15) is 5.75 Å². The van der Waals surface area contributed by atoms with Gasteiger partial charge in [0.05, 0.1) is 7.11 Å². The van der Waals surface area contributed by atoms with Crippen molar-refractivity contribution in [2.75, 3.05) is 7.11 Å². The molecular formula is C26H24O. The topological polar surface area (TPSA) is 9.23 Å². The van der Waals surface area contributed by atoms with E-state index in [-0.39, 0.29) is 0 Å². The van der Waals surface area contributed by atoms with Gasteiger partial charge < -0.3 is 4.74 Å². The highest BCUT2D eigenvalue weighted by Crippen LogP contribution is 2.45. The van der Waals surface area contributed by atoms with Crippen molar-refractivity contribution >= 4 is 10.8 Å². The van der Waals surface area contributed by atoms with Gasteiger partial charge in [0, 0.05) is 5.39 Å². The molecule has 0 saturated carbocycles. The van der Waals surface area contributed by atoms with E-state index in [1.54, 1.807) is 7.11 Å². The molecule has 0 aromatic heterocycles. The third-order valence-electron chi connectivity index (χ3n) is 5.14. The molecule has 0 heterocycles. The average molecular weight is 352 g/mol. The third kappa shape index (κ3) is 3.10. The summed E-state index contributed by atoms with van der Waals surface area (Å²) in [6.45, 7) is 4.52. The largest absolute Gasteiger partial charge is 0.496 e. The maximum absolute atomic E-state index is 5.70. The molecule has 0 fully saturated rings. The fourth-order valence-electron chi connectivity index (χ4n) is 3.87. The molecule has 0 aliphatic rings. The second-order valence-corrected chi connectivity index (χ2v) is 7.16. The molecule has 0 bridgehead atoms. The lowest BCUT2D eigenvalue weighted by Crippen LogP contribution is -1.98. The molecule has 0 unspecified atom stereocenters. The first-order valence-electron chi connectivity index (χ1n) is 9.45. The third-order valence-corrected chi connectivity index (χ3v) is 5.14. The number of fused-ring (bicyclic) bond motifs is 1. The fraction of sp³-hybridized carbons (Fsp3) is 0.154. The standard InChI is InChI=1S/C26H24O/c1-18(2)22-17-23-21(15-10-16-24(23)27-3)25(19-11-6-4-7-12-19)26(22)20-13-8-5-9-14-20/h4-18H,1-3H3. The Morgan fingerprint density at radius 3 is 1.78 bits per heavy atom.